The lowest BCUT2D eigenvalue weighted by molar-refractivity contribution is 0.679. The van der Waals surface area contributed by atoms with Gasteiger partial charge in [0.2, 0.25) is 0 Å². The maximum Gasteiger partial charge on any atom is 0.0939 e. The first kappa shape index (κ1) is 16.1. The highest BCUT2D eigenvalue weighted by Gasteiger charge is 2.10. The third-order valence-corrected chi connectivity index (χ3v) is 4.27. The van der Waals surface area contributed by atoms with E-state index in [2.05, 4.69) is 41.0 Å². The normalized spacial score (nSPS) is 10.8. The predicted molar refractivity (Wildman–Crippen MR) is 104 cm³/mol. The highest BCUT2D eigenvalue weighted by atomic mass is 15.3. The van der Waals surface area contributed by atoms with Crippen LogP contribution >= 0.6 is 0 Å². The van der Waals surface area contributed by atoms with Crippen molar-refractivity contribution >= 4 is 5.57 Å². The molecular weight excluding hydrogens is 320 g/mol. The Balaban J connectivity index is 1.46. The summed E-state index contributed by atoms with van der Waals surface area (Å²) in [4.78, 5) is 0. The molecule has 0 fully saturated rings. The second-order valence-electron chi connectivity index (χ2n) is 6.25. The third-order valence-electron chi connectivity index (χ3n) is 4.27. The van der Waals surface area contributed by atoms with Gasteiger partial charge < -0.3 is 0 Å². The van der Waals surface area contributed by atoms with Crippen molar-refractivity contribution in [2.45, 2.75) is 13.1 Å². The van der Waals surface area contributed by atoms with Gasteiger partial charge in [-0.2, -0.15) is 10.2 Å². The fraction of sp³-hybridized carbons (Fsp3) is 0.0909. The zero-order valence-electron chi connectivity index (χ0n) is 14.5. The van der Waals surface area contributed by atoms with Gasteiger partial charge in [0.15, 0.2) is 0 Å². The molecule has 2 aromatic carbocycles. The lowest BCUT2D eigenvalue weighted by atomic mass is 10.1. The van der Waals surface area contributed by atoms with Gasteiger partial charge in [-0.15, -0.1) is 0 Å². The van der Waals surface area contributed by atoms with Gasteiger partial charge in [0.1, 0.15) is 0 Å². The molecular formula is C22H20N4. The summed E-state index contributed by atoms with van der Waals surface area (Å²) in [6.07, 6.45) is 3.96. The van der Waals surface area contributed by atoms with Crippen LogP contribution in [-0.2, 0) is 13.1 Å². The maximum atomic E-state index is 4.64. The minimum atomic E-state index is 0.747. The average molecular weight is 340 g/mol. The molecule has 128 valence electrons. The van der Waals surface area contributed by atoms with Crippen LogP contribution in [0.5, 0.6) is 0 Å². The van der Waals surface area contributed by atoms with Gasteiger partial charge in [0.05, 0.1) is 24.5 Å². The summed E-state index contributed by atoms with van der Waals surface area (Å²) in [7, 11) is 0. The highest BCUT2D eigenvalue weighted by Crippen LogP contribution is 2.18. The van der Waals surface area contributed by atoms with Crippen molar-refractivity contribution in [2.24, 2.45) is 0 Å². The van der Waals surface area contributed by atoms with E-state index in [-0.39, 0.29) is 0 Å². The number of rotatable bonds is 6. The first-order valence-electron chi connectivity index (χ1n) is 8.62. The van der Waals surface area contributed by atoms with Crippen LogP contribution < -0.4 is 0 Å². The van der Waals surface area contributed by atoms with E-state index >= 15 is 0 Å². The van der Waals surface area contributed by atoms with E-state index in [1.54, 1.807) is 0 Å². The Morgan fingerprint density at radius 2 is 1.08 bits per heavy atom. The second kappa shape index (κ2) is 7.23. The summed E-state index contributed by atoms with van der Waals surface area (Å²) >= 11 is 0. The van der Waals surface area contributed by atoms with Crippen LogP contribution in [0.1, 0.15) is 22.5 Å². The molecule has 0 atom stereocenters. The summed E-state index contributed by atoms with van der Waals surface area (Å²) in [5, 5.41) is 9.29. The Morgan fingerprint density at radius 1 is 0.654 bits per heavy atom. The average Bonchev–Trinajstić information content (AvgIpc) is 3.33. The van der Waals surface area contributed by atoms with Gasteiger partial charge in [0.25, 0.3) is 0 Å². The molecule has 26 heavy (non-hydrogen) atoms. The molecule has 4 nitrogen and oxygen atoms in total. The van der Waals surface area contributed by atoms with E-state index in [0.29, 0.717) is 0 Å². The van der Waals surface area contributed by atoms with Crippen molar-refractivity contribution in [3.05, 3.63) is 114 Å². The molecule has 0 aliphatic rings. The predicted octanol–water partition coefficient (Wildman–Crippen LogP) is 4.24. The monoisotopic (exact) mass is 340 g/mol. The molecule has 0 aliphatic carbocycles. The molecule has 0 bridgehead atoms. The van der Waals surface area contributed by atoms with Crippen LogP contribution in [0.2, 0.25) is 0 Å². The summed E-state index contributed by atoms with van der Waals surface area (Å²) in [6.45, 7) is 5.68. The largest absolute Gasteiger partial charge is 0.268 e. The fourth-order valence-electron chi connectivity index (χ4n) is 2.89. The number of benzene rings is 2. The molecule has 4 aromatic rings. The number of hydrogen-bond donors (Lipinski definition) is 0. The Bertz CT molecular complexity index is 915. The Kier molecular flexibility index (Phi) is 4.48. The molecule has 0 amide bonds. The molecule has 0 unspecified atom stereocenters. The number of hydrogen-bond acceptors (Lipinski definition) is 2. The number of nitrogens with zero attached hydrogens (tertiary/aromatic N) is 4. The number of aromatic nitrogens is 4. The highest BCUT2D eigenvalue weighted by molar-refractivity contribution is 5.73. The lowest BCUT2D eigenvalue weighted by Gasteiger charge is -2.03. The Labute approximate surface area is 153 Å². The standard InChI is InChI=1S/C22H20N4/c1-18(21-12-14-25(23-21)16-19-8-4-2-5-9-19)22-13-15-26(24-22)17-20-10-6-3-7-11-20/h2-15H,1,16-17H2. The van der Waals surface area contributed by atoms with Crippen molar-refractivity contribution in [3.63, 3.8) is 0 Å². The van der Waals surface area contributed by atoms with Crippen molar-refractivity contribution < 1.29 is 0 Å². The van der Waals surface area contributed by atoms with E-state index in [1.165, 1.54) is 11.1 Å². The lowest BCUT2D eigenvalue weighted by Crippen LogP contribution is -2.02. The van der Waals surface area contributed by atoms with Crippen molar-refractivity contribution in [1.29, 1.82) is 0 Å². The quantitative estimate of drug-likeness (QED) is 0.526. The summed E-state index contributed by atoms with van der Waals surface area (Å²) < 4.78 is 3.85. The van der Waals surface area contributed by atoms with Gasteiger partial charge >= 0.3 is 0 Å². The SMILES string of the molecule is C=C(c1ccn(Cc2ccccc2)n1)c1ccn(Cc2ccccc2)n1. The summed E-state index contributed by atoms with van der Waals surface area (Å²) in [5.74, 6) is 0. The van der Waals surface area contributed by atoms with Crippen LogP contribution in [0.25, 0.3) is 5.57 Å². The third kappa shape index (κ3) is 3.64. The second-order valence-corrected chi connectivity index (χ2v) is 6.25. The summed E-state index contributed by atoms with van der Waals surface area (Å²) in [6, 6.07) is 24.6. The molecule has 0 saturated carbocycles. The van der Waals surface area contributed by atoms with Crippen molar-refractivity contribution in [1.82, 2.24) is 19.6 Å². The van der Waals surface area contributed by atoms with E-state index in [9.17, 15) is 0 Å². The maximum absolute atomic E-state index is 4.64. The van der Waals surface area contributed by atoms with E-state index < -0.39 is 0 Å². The van der Waals surface area contributed by atoms with Crippen molar-refractivity contribution in [3.8, 4) is 0 Å². The van der Waals surface area contributed by atoms with Gasteiger partial charge in [-0.3, -0.25) is 9.36 Å². The molecule has 4 heteroatoms. The summed E-state index contributed by atoms with van der Waals surface area (Å²) in [5.41, 5.74) is 4.99. The van der Waals surface area contributed by atoms with E-state index in [4.69, 9.17) is 0 Å². The van der Waals surface area contributed by atoms with E-state index in [1.807, 2.05) is 70.3 Å². The molecule has 0 aliphatic heterocycles. The smallest absolute Gasteiger partial charge is 0.0939 e. The molecule has 2 heterocycles. The van der Waals surface area contributed by atoms with E-state index in [0.717, 1.165) is 30.1 Å². The zero-order valence-corrected chi connectivity index (χ0v) is 14.5. The molecule has 0 saturated heterocycles. The first-order chi connectivity index (χ1) is 12.8. The van der Waals surface area contributed by atoms with Crippen LogP contribution in [0.3, 0.4) is 0 Å². The van der Waals surface area contributed by atoms with Crippen molar-refractivity contribution in [2.75, 3.05) is 0 Å². The Hall–Kier alpha value is -3.40. The zero-order chi connectivity index (χ0) is 17.8. The minimum absolute atomic E-state index is 0.747. The van der Waals surface area contributed by atoms with Crippen LogP contribution in [0.15, 0.2) is 91.8 Å². The van der Waals surface area contributed by atoms with Crippen LogP contribution in [-0.4, -0.2) is 19.6 Å². The molecule has 2 aromatic heterocycles. The topological polar surface area (TPSA) is 35.6 Å². The van der Waals surface area contributed by atoms with Crippen LogP contribution in [0.4, 0.5) is 0 Å². The van der Waals surface area contributed by atoms with Gasteiger partial charge in [-0.25, -0.2) is 0 Å². The molecule has 0 radical (unpaired) electrons. The van der Waals surface area contributed by atoms with Crippen LogP contribution in [0, 0.1) is 0 Å². The molecule has 0 N–H and O–H groups in total. The van der Waals surface area contributed by atoms with Gasteiger partial charge in [-0.1, -0.05) is 67.2 Å². The van der Waals surface area contributed by atoms with Gasteiger partial charge in [-0.05, 0) is 23.3 Å². The first-order valence-corrected chi connectivity index (χ1v) is 8.62. The fourth-order valence-corrected chi connectivity index (χ4v) is 2.89. The Morgan fingerprint density at radius 3 is 1.50 bits per heavy atom. The molecule has 4 rings (SSSR count). The minimum Gasteiger partial charge on any atom is -0.268 e. The van der Waals surface area contributed by atoms with Gasteiger partial charge in [0, 0.05) is 18.0 Å². The molecule has 0 spiro atoms.